The molecule has 1 aromatic rings. The van der Waals surface area contributed by atoms with E-state index in [1.165, 1.54) is 10.9 Å². The molecule has 94 valence electrons. The van der Waals surface area contributed by atoms with Gasteiger partial charge in [0.25, 0.3) is 0 Å². The maximum Gasteiger partial charge on any atom is 0.217 e. The van der Waals surface area contributed by atoms with E-state index in [2.05, 4.69) is 43.4 Å². The van der Waals surface area contributed by atoms with Gasteiger partial charge in [0.1, 0.15) is 6.61 Å². The SMILES string of the molecule is CC.C[C@H]1COC(c2ccccc2P(C)C)=N1. The van der Waals surface area contributed by atoms with Gasteiger partial charge >= 0.3 is 0 Å². The van der Waals surface area contributed by atoms with Gasteiger partial charge in [-0.1, -0.05) is 40.0 Å². The van der Waals surface area contributed by atoms with Crippen molar-refractivity contribution in [2.45, 2.75) is 26.8 Å². The van der Waals surface area contributed by atoms with Gasteiger partial charge in [0.2, 0.25) is 5.90 Å². The summed E-state index contributed by atoms with van der Waals surface area (Å²) in [5.41, 5.74) is 1.18. The molecule has 0 fully saturated rings. The Labute approximate surface area is 106 Å². The van der Waals surface area contributed by atoms with E-state index in [-0.39, 0.29) is 7.92 Å². The van der Waals surface area contributed by atoms with Crippen LogP contribution in [-0.2, 0) is 4.74 Å². The Bertz CT molecular complexity index is 388. The molecule has 17 heavy (non-hydrogen) atoms. The molecular weight excluding hydrogens is 229 g/mol. The van der Waals surface area contributed by atoms with Gasteiger partial charge in [0.15, 0.2) is 0 Å². The van der Waals surface area contributed by atoms with E-state index in [0.717, 1.165) is 12.5 Å². The van der Waals surface area contributed by atoms with Crippen LogP contribution in [0.15, 0.2) is 29.3 Å². The van der Waals surface area contributed by atoms with E-state index >= 15 is 0 Å². The Kier molecular flexibility index (Phi) is 5.64. The molecule has 1 aromatic carbocycles. The summed E-state index contributed by atoms with van der Waals surface area (Å²) in [5, 5.41) is 1.38. The molecule has 0 bridgehead atoms. The minimum Gasteiger partial charge on any atom is -0.475 e. The Morgan fingerprint density at radius 1 is 1.24 bits per heavy atom. The molecule has 1 aliphatic heterocycles. The molecule has 0 aliphatic carbocycles. The average molecular weight is 251 g/mol. The van der Waals surface area contributed by atoms with Crippen molar-refractivity contribution in [2.24, 2.45) is 4.99 Å². The minimum absolute atomic E-state index is 0.108. The van der Waals surface area contributed by atoms with E-state index in [9.17, 15) is 0 Å². The highest BCUT2D eigenvalue weighted by Gasteiger charge is 2.19. The third-order valence-corrected chi connectivity index (χ3v) is 3.77. The number of nitrogens with zero attached hydrogens (tertiary/aromatic N) is 1. The van der Waals surface area contributed by atoms with Crippen molar-refractivity contribution >= 4 is 19.1 Å². The Balaban J connectivity index is 0.000000686. The number of hydrogen-bond donors (Lipinski definition) is 0. The molecule has 0 aromatic heterocycles. The van der Waals surface area contributed by atoms with E-state index < -0.39 is 0 Å². The van der Waals surface area contributed by atoms with Crippen molar-refractivity contribution in [3.8, 4) is 0 Å². The second kappa shape index (κ2) is 6.76. The Morgan fingerprint density at radius 3 is 2.41 bits per heavy atom. The van der Waals surface area contributed by atoms with Crippen molar-refractivity contribution in [1.29, 1.82) is 0 Å². The van der Waals surface area contributed by atoms with Crippen molar-refractivity contribution in [3.05, 3.63) is 29.8 Å². The zero-order valence-corrected chi connectivity index (χ0v) is 12.3. The van der Waals surface area contributed by atoms with E-state index in [4.69, 9.17) is 4.74 Å². The van der Waals surface area contributed by atoms with Gasteiger partial charge in [-0.05, 0) is 31.6 Å². The molecule has 1 atom stereocenters. The number of benzene rings is 1. The van der Waals surface area contributed by atoms with Crippen molar-refractivity contribution in [3.63, 3.8) is 0 Å². The molecule has 2 rings (SSSR count). The molecule has 0 saturated heterocycles. The molecule has 3 heteroatoms. The monoisotopic (exact) mass is 251 g/mol. The lowest BCUT2D eigenvalue weighted by atomic mass is 10.2. The first-order valence-electron chi connectivity index (χ1n) is 6.16. The molecule has 1 heterocycles. The molecule has 0 amide bonds. The van der Waals surface area contributed by atoms with Crippen molar-refractivity contribution in [2.75, 3.05) is 19.9 Å². The van der Waals surface area contributed by atoms with Gasteiger partial charge < -0.3 is 4.74 Å². The maximum absolute atomic E-state index is 5.60. The van der Waals surface area contributed by atoms with Crippen LogP contribution in [-0.4, -0.2) is 31.9 Å². The number of aliphatic imine (C=N–C) groups is 1. The predicted molar refractivity (Wildman–Crippen MR) is 78.1 cm³/mol. The predicted octanol–water partition coefficient (Wildman–Crippen LogP) is 3.24. The highest BCUT2D eigenvalue weighted by atomic mass is 31.1. The lowest BCUT2D eigenvalue weighted by Gasteiger charge is -2.11. The molecule has 0 radical (unpaired) electrons. The van der Waals surface area contributed by atoms with E-state index in [1.807, 2.05) is 19.9 Å². The van der Waals surface area contributed by atoms with Gasteiger partial charge in [0.05, 0.1) is 6.04 Å². The minimum atomic E-state index is -0.108. The van der Waals surface area contributed by atoms with Gasteiger partial charge in [-0.25, -0.2) is 4.99 Å². The summed E-state index contributed by atoms with van der Waals surface area (Å²) in [6.07, 6.45) is 0. The fourth-order valence-electron chi connectivity index (χ4n) is 1.67. The highest BCUT2D eigenvalue weighted by Crippen LogP contribution is 2.26. The van der Waals surface area contributed by atoms with Crippen molar-refractivity contribution < 1.29 is 4.74 Å². The number of hydrogen-bond acceptors (Lipinski definition) is 2. The molecule has 0 spiro atoms. The highest BCUT2D eigenvalue weighted by molar-refractivity contribution is 7.64. The molecule has 2 nitrogen and oxygen atoms in total. The lowest BCUT2D eigenvalue weighted by molar-refractivity contribution is 0.324. The van der Waals surface area contributed by atoms with Crippen LogP contribution in [0.4, 0.5) is 0 Å². The second-order valence-corrected chi connectivity index (χ2v) is 6.28. The molecule has 0 saturated carbocycles. The number of rotatable bonds is 2. The molecule has 1 aliphatic rings. The summed E-state index contributed by atoms with van der Waals surface area (Å²) >= 11 is 0. The van der Waals surface area contributed by atoms with Gasteiger partial charge in [0, 0.05) is 5.56 Å². The number of ether oxygens (including phenoxy) is 1. The smallest absolute Gasteiger partial charge is 0.217 e. The maximum atomic E-state index is 5.60. The molecule has 0 N–H and O–H groups in total. The summed E-state index contributed by atoms with van der Waals surface area (Å²) < 4.78 is 5.60. The van der Waals surface area contributed by atoms with E-state index in [0.29, 0.717) is 6.04 Å². The lowest BCUT2D eigenvalue weighted by Crippen LogP contribution is -2.14. The average Bonchev–Trinajstić information content (AvgIpc) is 2.78. The van der Waals surface area contributed by atoms with Crippen LogP contribution in [0.3, 0.4) is 0 Å². The van der Waals surface area contributed by atoms with Crippen molar-refractivity contribution in [1.82, 2.24) is 0 Å². The summed E-state index contributed by atoms with van der Waals surface area (Å²) in [5.74, 6) is 0.828. The van der Waals surface area contributed by atoms with Crippen LogP contribution in [0.25, 0.3) is 0 Å². The van der Waals surface area contributed by atoms with E-state index in [1.54, 1.807) is 0 Å². The van der Waals surface area contributed by atoms with Crippen LogP contribution in [0.5, 0.6) is 0 Å². The van der Waals surface area contributed by atoms with Gasteiger partial charge in [-0.2, -0.15) is 0 Å². The summed E-state index contributed by atoms with van der Waals surface area (Å²) in [4.78, 5) is 4.51. The normalized spacial score (nSPS) is 18.2. The largest absolute Gasteiger partial charge is 0.475 e. The first-order chi connectivity index (χ1) is 8.18. The third kappa shape index (κ3) is 3.54. The molecular formula is C14H22NOP. The first kappa shape index (κ1) is 14.2. The zero-order valence-electron chi connectivity index (χ0n) is 11.4. The third-order valence-electron chi connectivity index (χ3n) is 2.42. The van der Waals surface area contributed by atoms with Crippen LogP contribution in [0.2, 0.25) is 0 Å². The van der Waals surface area contributed by atoms with Crippen LogP contribution >= 0.6 is 7.92 Å². The van der Waals surface area contributed by atoms with Gasteiger partial charge in [-0.15, -0.1) is 0 Å². The first-order valence-corrected chi connectivity index (χ1v) is 8.39. The quantitative estimate of drug-likeness (QED) is 0.739. The summed E-state index contributed by atoms with van der Waals surface area (Å²) in [7, 11) is -0.108. The Morgan fingerprint density at radius 2 is 1.88 bits per heavy atom. The fraction of sp³-hybridized carbons (Fsp3) is 0.500. The summed E-state index contributed by atoms with van der Waals surface area (Å²) in [6, 6.07) is 8.71. The van der Waals surface area contributed by atoms with Crippen LogP contribution < -0.4 is 5.30 Å². The van der Waals surface area contributed by atoms with Crippen LogP contribution in [0.1, 0.15) is 26.3 Å². The fourth-order valence-corrected chi connectivity index (χ4v) is 2.70. The Hall–Kier alpha value is -0.880. The topological polar surface area (TPSA) is 21.6 Å². The summed E-state index contributed by atoms with van der Waals surface area (Å²) in [6.45, 7) is 11.3. The van der Waals surface area contributed by atoms with Gasteiger partial charge in [-0.3, -0.25) is 0 Å². The molecule has 0 unspecified atom stereocenters. The second-order valence-electron chi connectivity index (χ2n) is 4.01. The zero-order chi connectivity index (χ0) is 12.8. The standard InChI is InChI=1S/C12H16NOP.C2H6/c1-9-8-14-12(13-9)10-6-4-5-7-11(10)15(2)3;1-2/h4-7,9H,8H2,1-3H3;1-2H3/t9-;/m0./s1. The van der Waals surface area contributed by atoms with Crippen LogP contribution in [0, 0.1) is 0 Å².